The maximum absolute atomic E-state index is 12.7. The van der Waals surface area contributed by atoms with Gasteiger partial charge in [0.05, 0.1) is 0 Å². The van der Waals surface area contributed by atoms with Crippen LogP contribution in [0.15, 0.2) is 18.3 Å². The Morgan fingerprint density at radius 1 is 1.18 bits per heavy atom. The standard InChI is InChI=1S/C22H31N3O3/c1-15-4-8-18(9-5-15)28-20-13-16(10-11-23-20)14-24-21(26)19-3-2-12-25(19)22(27)17-6-7-17/h10-11,13,15,17-19H,2-9,12,14H2,1H3,(H,24,26)/t15?,18?,19-/m1/s1. The zero-order chi connectivity index (χ0) is 19.5. The Hall–Kier alpha value is -2.11. The summed E-state index contributed by atoms with van der Waals surface area (Å²) in [4.78, 5) is 31.1. The van der Waals surface area contributed by atoms with Crippen molar-refractivity contribution in [1.82, 2.24) is 15.2 Å². The molecule has 0 radical (unpaired) electrons. The van der Waals surface area contributed by atoms with Crippen LogP contribution in [-0.4, -0.2) is 40.4 Å². The van der Waals surface area contributed by atoms with Crippen LogP contribution in [0, 0.1) is 11.8 Å². The lowest BCUT2D eigenvalue weighted by Gasteiger charge is -2.26. The van der Waals surface area contributed by atoms with Gasteiger partial charge in [0.15, 0.2) is 0 Å². The van der Waals surface area contributed by atoms with Gasteiger partial charge in [0, 0.05) is 31.3 Å². The lowest BCUT2D eigenvalue weighted by Crippen LogP contribution is -2.46. The van der Waals surface area contributed by atoms with Crippen LogP contribution in [0.1, 0.15) is 63.9 Å². The molecule has 4 rings (SSSR count). The van der Waals surface area contributed by atoms with Crippen LogP contribution in [0.2, 0.25) is 0 Å². The van der Waals surface area contributed by atoms with Crippen LogP contribution in [0.5, 0.6) is 5.88 Å². The molecule has 1 N–H and O–H groups in total. The fraction of sp³-hybridized carbons (Fsp3) is 0.682. The summed E-state index contributed by atoms with van der Waals surface area (Å²) < 4.78 is 6.06. The highest BCUT2D eigenvalue weighted by Gasteiger charge is 2.40. The highest BCUT2D eigenvalue weighted by atomic mass is 16.5. The van der Waals surface area contributed by atoms with Gasteiger partial charge in [0.25, 0.3) is 0 Å². The summed E-state index contributed by atoms with van der Waals surface area (Å²) in [5, 5.41) is 3.01. The smallest absolute Gasteiger partial charge is 0.243 e. The second kappa shape index (κ2) is 8.50. The second-order valence-corrected chi connectivity index (χ2v) is 8.68. The van der Waals surface area contributed by atoms with Crippen molar-refractivity contribution >= 4 is 11.8 Å². The molecule has 1 aromatic rings. The fourth-order valence-electron chi connectivity index (χ4n) is 4.32. The summed E-state index contributed by atoms with van der Waals surface area (Å²) in [6.07, 6.45) is 10.2. The molecular formula is C22H31N3O3. The van der Waals surface area contributed by atoms with E-state index in [2.05, 4.69) is 17.2 Å². The van der Waals surface area contributed by atoms with Gasteiger partial charge in [-0.1, -0.05) is 6.92 Å². The highest BCUT2D eigenvalue weighted by molar-refractivity contribution is 5.89. The van der Waals surface area contributed by atoms with Crippen molar-refractivity contribution in [3.63, 3.8) is 0 Å². The average Bonchev–Trinajstić information content (AvgIpc) is 3.44. The number of carbonyl (C=O) groups is 2. The minimum absolute atomic E-state index is 0.0490. The summed E-state index contributed by atoms with van der Waals surface area (Å²) >= 11 is 0. The van der Waals surface area contributed by atoms with E-state index >= 15 is 0 Å². The summed E-state index contributed by atoms with van der Waals surface area (Å²) in [5.74, 6) is 1.70. The van der Waals surface area contributed by atoms with Crippen LogP contribution in [0.4, 0.5) is 0 Å². The first-order valence-electron chi connectivity index (χ1n) is 10.8. The molecule has 1 aliphatic heterocycles. The maximum Gasteiger partial charge on any atom is 0.243 e. The quantitative estimate of drug-likeness (QED) is 0.817. The Morgan fingerprint density at radius 2 is 1.96 bits per heavy atom. The van der Waals surface area contributed by atoms with E-state index in [0.717, 1.165) is 50.0 Å². The molecule has 1 atom stereocenters. The van der Waals surface area contributed by atoms with Crippen LogP contribution in [0.3, 0.4) is 0 Å². The van der Waals surface area contributed by atoms with Gasteiger partial charge < -0.3 is 15.0 Å². The predicted molar refractivity (Wildman–Crippen MR) is 106 cm³/mol. The Morgan fingerprint density at radius 3 is 2.71 bits per heavy atom. The molecule has 6 heteroatoms. The fourth-order valence-corrected chi connectivity index (χ4v) is 4.32. The van der Waals surface area contributed by atoms with Gasteiger partial charge >= 0.3 is 0 Å². The third-order valence-corrected chi connectivity index (χ3v) is 6.28. The Balaban J connectivity index is 1.29. The van der Waals surface area contributed by atoms with E-state index in [1.54, 1.807) is 11.1 Å². The zero-order valence-electron chi connectivity index (χ0n) is 16.7. The van der Waals surface area contributed by atoms with E-state index in [1.807, 2.05) is 12.1 Å². The number of amides is 2. The van der Waals surface area contributed by atoms with Crippen molar-refractivity contribution in [3.8, 4) is 5.88 Å². The molecule has 3 aliphatic rings. The summed E-state index contributed by atoms with van der Waals surface area (Å²) in [5.41, 5.74) is 0.973. The van der Waals surface area contributed by atoms with Gasteiger partial charge in [0.2, 0.25) is 17.7 Å². The number of pyridine rings is 1. The van der Waals surface area contributed by atoms with Crippen molar-refractivity contribution < 1.29 is 14.3 Å². The highest BCUT2D eigenvalue weighted by Crippen LogP contribution is 2.33. The summed E-state index contributed by atoms with van der Waals surface area (Å²) in [7, 11) is 0. The summed E-state index contributed by atoms with van der Waals surface area (Å²) in [6.45, 7) is 3.43. The molecule has 28 heavy (non-hydrogen) atoms. The van der Waals surface area contributed by atoms with Crippen LogP contribution in [0.25, 0.3) is 0 Å². The minimum Gasteiger partial charge on any atom is -0.474 e. The van der Waals surface area contributed by atoms with Crippen molar-refractivity contribution in [2.75, 3.05) is 6.54 Å². The first-order valence-corrected chi connectivity index (χ1v) is 10.8. The normalized spacial score (nSPS) is 27.5. The molecule has 3 fully saturated rings. The Labute approximate surface area is 167 Å². The van der Waals surface area contributed by atoms with E-state index in [9.17, 15) is 9.59 Å². The Kier molecular flexibility index (Phi) is 5.83. The van der Waals surface area contributed by atoms with Gasteiger partial charge in [0.1, 0.15) is 12.1 Å². The van der Waals surface area contributed by atoms with E-state index < -0.39 is 0 Å². The van der Waals surface area contributed by atoms with Crippen molar-refractivity contribution in [1.29, 1.82) is 0 Å². The first-order chi connectivity index (χ1) is 13.6. The van der Waals surface area contributed by atoms with Crippen molar-refractivity contribution in [3.05, 3.63) is 23.9 Å². The molecule has 6 nitrogen and oxygen atoms in total. The molecule has 152 valence electrons. The van der Waals surface area contributed by atoms with Crippen molar-refractivity contribution in [2.45, 2.75) is 77.0 Å². The number of hydrogen-bond donors (Lipinski definition) is 1. The number of rotatable bonds is 6. The molecular weight excluding hydrogens is 354 g/mol. The third kappa shape index (κ3) is 4.65. The first kappa shape index (κ1) is 19.2. The largest absolute Gasteiger partial charge is 0.474 e. The topological polar surface area (TPSA) is 71.5 Å². The third-order valence-electron chi connectivity index (χ3n) is 6.28. The predicted octanol–water partition coefficient (Wildman–Crippen LogP) is 3.06. The van der Waals surface area contributed by atoms with Gasteiger partial charge in [-0.15, -0.1) is 0 Å². The molecule has 0 unspecified atom stereocenters. The van der Waals surface area contributed by atoms with E-state index in [1.165, 1.54) is 12.8 Å². The summed E-state index contributed by atoms with van der Waals surface area (Å²) in [6, 6.07) is 3.51. The monoisotopic (exact) mass is 385 g/mol. The second-order valence-electron chi connectivity index (χ2n) is 8.68. The van der Waals surface area contributed by atoms with E-state index in [-0.39, 0.29) is 29.9 Å². The molecule has 1 saturated heterocycles. The Bertz CT molecular complexity index is 711. The van der Waals surface area contributed by atoms with Crippen LogP contribution >= 0.6 is 0 Å². The van der Waals surface area contributed by atoms with Gasteiger partial charge in [-0.05, 0) is 68.9 Å². The number of hydrogen-bond acceptors (Lipinski definition) is 4. The molecule has 1 aromatic heterocycles. The van der Waals surface area contributed by atoms with Gasteiger partial charge in [-0.25, -0.2) is 4.98 Å². The molecule has 2 saturated carbocycles. The van der Waals surface area contributed by atoms with Crippen LogP contribution in [-0.2, 0) is 16.1 Å². The minimum atomic E-state index is -0.310. The number of likely N-dealkylation sites (tertiary alicyclic amines) is 1. The maximum atomic E-state index is 12.7. The van der Waals surface area contributed by atoms with Crippen LogP contribution < -0.4 is 10.1 Å². The number of aromatic nitrogens is 1. The van der Waals surface area contributed by atoms with Gasteiger partial charge in [-0.3, -0.25) is 9.59 Å². The number of nitrogens with one attached hydrogen (secondary N) is 1. The average molecular weight is 386 g/mol. The number of carbonyl (C=O) groups excluding carboxylic acids is 2. The van der Waals surface area contributed by atoms with E-state index in [4.69, 9.17) is 4.74 Å². The number of ether oxygens (including phenoxy) is 1. The zero-order valence-corrected chi connectivity index (χ0v) is 16.7. The van der Waals surface area contributed by atoms with E-state index in [0.29, 0.717) is 19.0 Å². The SMILES string of the molecule is CC1CCC(Oc2cc(CNC(=O)[C@H]3CCCN3C(=O)C3CC3)ccn2)CC1. The lowest BCUT2D eigenvalue weighted by molar-refractivity contribution is -0.139. The molecule has 2 heterocycles. The molecule has 0 aromatic carbocycles. The number of nitrogens with zero attached hydrogens (tertiary/aromatic N) is 2. The van der Waals surface area contributed by atoms with Crippen molar-refractivity contribution in [2.24, 2.45) is 11.8 Å². The molecule has 0 bridgehead atoms. The van der Waals surface area contributed by atoms with Gasteiger partial charge in [-0.2, -0.15) is 0 Å². The molecule has 0 spiro atoms. The lowest BCUT2D eigenvalue weighted by atomic mass is 9.89. The molecule has 2 aliphatic carbocycles. The molecule has 2 amide bonds.